The normalized spacial score (nSPS) is 15.6. The van der Waals surface area contributed by atoms with E-state index in [1.54, 1.807) is 0 Å². The van der Waals surface area contributed by atoms with Crippen molar-refractivity contribution in [3.05, 3.63) is 63.7 Å². The largest absolute Gasteiger partial charge is 0.507 e. The van der Waals surface area contributed by atoms with Gasteiger partial charge >= 0.3 is 0 Å². The molecule has 1 aliphatic heterocycles. The minimum Gasteiger partial charge on any atom is -0.507 e. The summed E-state index contributed by atoms with van der Waals surface area (Å²) in [5, 5.41) is 21.1. The van der Waals surface area contributed by atoms with Crippen molar-refractivity contribution in [1.82, 2.24) is 0 Å². The fraction of sp³-hybridized carbons (Fsp3) is 0.278. The minimum atomic E-state index is -0.443. The van der Waals surface area contributed by atoms with Crippen LogP contribution in [0.4, 0.5) is 11.4 Å². The van der Waals surface area contributed by atoms with Gasteiger partial charge in [-0.25, -0.2) is 0 Å². The van der Waals surface area contributed by atoms with Crippen LogP contribution in [0.5, 0.6) is 5.75 Å². The van der Waals surface area contributed by atoms with E-state index in [-0.39, 0.29) is 16.9 Å². The number of nitro groups is 1. The zero-order chi connectivity index (χ0) is 16.8. The number of aromatic hydroxyl groups is 1. The van der Waals surface area contributed by atoms with Crippen LogP contribution in [0, 0.1) is 10.1 Å². The van der Waals surface area contributed by atoms with Crippen LogP contribution < -0.4 is 0 Å². The van der Waals surface area contributed by atoms with Crippen LogP contribution in [-0.4, -0.2) is 20.3 Å². The molecule has 0 amide bonds. The van der Waals surface area contributed by atoms with Gasteiger partial charge in [-0.1, -0.05) is 18.2 Å². The number of fused-ring (bicyclic) bond motifs is 1. The molecule has 0 radical (unpaired) electrons. The van der Waals surface area contributed by atoms with E-state index >= 15 is 0 Å². The highest BCUT2D eigenvalue weighted by Crippen LogP contribution is 2.40. The summed E-state index contributed by atoms with van der Waals surface area (Å²) in [5.41, 5.74) is 3.90. The van der Waals surface area contributed by atoms with Gasteiger partial charge in [0.05, 0.1) is 15.9 Å². The molecule has 0 saturated carbocycles. The molecular formula is C18H19N2O3+. The van der Waals surface area contributed by atoms with Gasteiger partial charge in [-0.2, -0.15) is 4.58 Å². The first kappa shape index (κ1) is 15.2. The Morgan fingerprint density at radius 1 is 1.22 bits per heavy atom. The standard InChI is InChI=1S/C18H18N2O3/c1-12-18(2,3)15-6-4-5-7-16(15)19(12)11-13-10-14(20(22)23)8-9-17(13)21/h4-10H,11H2,1-3H3/p+1. The average molecular weight is 311 g/mol. The monoisotopic (exact) mass is 311 g/mol. The van der Waals surface area contributed by atoms with E-state index in [1.165, 1.54) is 23.8 Å². The van der Waals surface area contributed by atoms with Crippen molar-refractivity contribution in [2.45, 2.75) is 32.7 Å². The summed E-state index contributed by atoms with van der Waals surface area (Å²) >= 11 is 0. The van der Waals surface area contributed by atoms with Crippen molar-refractivity contribution in [2.75, 3.05) is 0 Å². The van der Waals surface area contributed by atoms with E-state index in [2.05, 4.69) is 31.4 Å². The van der Waals surface area contributed by atoms with Crippen molar-refractivity contribution < 1.29 is 14.6 Å². The Hall–Kier alpha value is -2.69. The van der Waals surface area contributed by atoms with Gasteiger partial charge in [-0.05, 0) is 19.9 Å². The number of rotatable bonds is 3. The molecule has 0 aromatic heterocycles. The molecule has 0 bridgehead atoms. The van der Waals surface area contributed by atoms with Gasteiger partial charge in [-0.3, -0.25) is 10.1 Å². The third-order valence-electron chi connectivity index (χ3n) is 4.78. The fourth-order valence-electron chi connectivity index (χ4n) is 3.14. The van der Waals surface area contributed by atoms with Crippen LogP contribution in [-0.2, 0) is 12.0 Å². The van der Waals surface area contributed by atoms with E-state index < -0.39 is 4.92 Å². The molecule has 0 aliphatic carbocycles. The van der Waals surface area contributed by atoms with E-state index in [0.29, 0.717) is 12.1 Å². The van der Waals surface area contributed by atoms with Crippen LogP contribution in [0.3, 0.4) is 0 Å². The van der Waals surface area contributed by atoms with Crippen LogP contribution in [0.15, 0.2) is 42.5 Å². The maximum absolute atomic E-state index is 11.0. The lowest BCUT2D eigenvalue weighted by molar-refractivity contribution is -0.456. The summed E-state index contributed by atoms with van der Waals surface area (Å²) < 4.78 is 2.12. The Balaban J connectivity index is 2.09. The van der Waals surface area contributed by atoms with Crippen molar-refractivity contribution in [3.8, 4) is 5.75 Å². The zero-order valence-corrected chi connectivity index (χ0v) is 13.4. The Morgan fingerprint density at radius 2 is 1.91 bits per heavy atom. The van der Waals surface area contributed by atoms with Crippen molar-refractivity contribution in [1.29, 1.82) is 0 Å². The molecule has 1 heterocycles. The number of para-hydroxylation sites is 1. The average Bonchev–Trinajstić information content (AvgIpc) is 2.70. The van der Waals surface area contributed by atoms with Gasteiger partial charge in [0.15, 0.2) is 12.3 Å². The molecule has 5 nitrogen and oxygen atoms in total. The molecular weight excluding hydrogens is 292 g/mol. The first-order chi connectivity index (χ1) is 10.8. The minimum absolute atomic E-state index is 0.0119. The lowest BCUT2D eigenvalue weighted by atomic mass is 9.82. The Morgan fingerprint density at radius 3 is 2.61 bits per heavy atom. The summed E-state index contributed by atoms with van der Waals surface area (Å²) in [5.74, 6) is 0.0746. The van der Waals surface area contributed by atoms with Crippen molar-refractivity contribution >= 4 is 17.1 Å². The summed E-state index contributed by atoms with van der Waals surface area (Å²) in [6.45, 7) is 6.79. The number of benzene rings is 2. The third kappa shape index (κ3) is 2.38. The van der Waals surface area contributed by atoms with Gasteiger partial charge in [0.25, 0.3) is 5.69 Å². The number of non-ortho nitro benzene ring substituents is 1. The van der Waals surface area contributed by atoms with E-state index in [9.17, 15) is 15.2 Å². The maximum atomic E-state index is 11.0. The lowest BCUT2D eigenvalue weighted by Crippen LogP contribution is -2.26. The third-order valence-corrected chi connectivity index (χ3v) is 4.78. The quantitative estimate of drug-likeness (QED) is 0.531. The zero-order valence-electron chi connectivity index (χ0n) is 13.4. The summed E-state index contributed by atoms with van der Waals surface area (Å²) in [6.07, 6.45) is 0. The highest BCUT2D eigenvalue weighted by Gasteiger charge is 2.42. The van der Waals surface area contributed by atoms with E-state index in [1.807, 2.05) is 18.2 Å². The Bertz CT molecular complexity index is 838. The van der Waals surface area contributed by atoms with Crippen LogP contribution in [0.25, 0.3) is 0 Å². The van der Waals surface area contributed by atoms with Crippen LogP contribution >= 0.6 is 0 Å². The molecule has 1 N–H and O–H groups in total. The summed E-state index contributed by atoms with van der Waals surface area (Å²) in [6, 6.07) is 12.3. The van der Waals surface area contributed by atoms with Crippen molar-refractivity contribution in [3.63, 3.8) is 0 Å². The number of nitro benzene ring substituents is 1. The lowest BCUT2D eigenvalue weighted by Gasteiger charge is -2.14. The second kappa shape index (κ2) is 5.19. The van der Waals surface area contributed by atoms with Gasteiger partial charge < -0.3 is 5.11 Å². The second-order valence-corrected chi connectivity index (χ2v) is 6.38. The fourth-order valence-corrected chi connectivity index (χ4v) is 3.14. The SMILES string of the molecule is CC1=[N+](Cc2cc([N+](=O)[O-])ccc2O)c2ccccc2C1(C)C. The van der Waals surface area contributed by atoms with Crippen molar-refractivity contribution in [2.24, 2.45) is 0 Å². The molecule has 0 fully saturated rings. The predicted molar refractivity (Wildman–Crippen MR) is 88.5 cm³/mol. The number of hydrogen-bond donors (Lipinski definition) is 1. The number of hydrogen-bond acceptors (Lipinski definition) is 3. The van der Waals surface area contributed by atoms with Gasteiger partial charge in [0.2, 0.25) is 5.69 Å². The first-order valence-corrected chi connectivity index (χ1v) is 7.49. The molecule has 0 atom stereocenters. The molecule has 0 unspecified atom stereocenters. The number of nitrogens with zero attached hydrogens (tertiary/aromatic N) is 2. The van der Waals surface area contributed by atoms with Crippen LogP contribution in [0.1, 0.15) is 31.9 Å². The maximum Gasteiger partial charge on any atom is 0.270 e. The number of phenolic OH excluding ortho intramolecular Hbond substituents is 1. The summed E-state index contributed by atoms with van der Waals surface area (Å²) in [4.78, 5) is 10.5. The molecule has 118 valence electrons. The molecule has 5 heteroatoms. The summed E-state index contributed by atoms with van der Waals surface area (Å²) in [7, 11) is 0. The molecule has 2 aromatic carbocycles. The molecule has 1 aliphatic rings. The van der Waals surface area contributed by atoms with E-state index in [4.69, 9.17) is 0 Å². The van der Waals surface area contributed by atoms with E-state index in [0.717, 1.165) is 11.4 Å². The van der Waals surface area contributed by atoms with Gasteiger partial charge in [0.1, 0.15) is 5.75 Å². The molecule has 2 aromatic rings. The topological polar surface area (TPSA) is 66.4 Å². The van der Waals surface area contributed by atoms with Crippen LogP contribution in [0.2, 0.25) is 0 Å². The highest BCUT2D eigenvalue weighted by atomic mass is 16.6. The first-order valence-electron chi connectivity index (χ1n) is 7.49. The molecule has 23 heavy (non-hydrogen) atoms. The molecule has 0 saturated heterocycles. The highest BCUT2D eigenvalue weighted by molar-refractivity contribution is 5.93. The molecule has 0 spiro atoms. The van der Waals surface area contributed by atoms with Gasteiger partial charge in [-0.15, -0.1) is 0 Å². The Kier molecular flexibility index (Phi) is 3.43. The molecule has 3 rings (SSSR count). The second-order valence-electron chi connectivity index (χ2n) is 6.38. The van der Waals surface area contributed by atoms with Gasteiger partial charge in [0, 0.05) is 30.7 Å². The Labute approximate surface area is 134 Å². The predicted octanol–water partition coefficient (Wildman–Crippen LogP) is 3.90. The smallest absolute Gasteiger partial charge is 0.270 e. The number of phenols is 1.